The summed E-state index contributed by atoms with van der Waals surface area (Å²) < 4.78 is 5.25. The molecule has 4 rings (SSSR count). The third-order valence-electron chi connectivity index (χ3n) is 6.56. The van der Waals surface area contributed by atoms with Gasteiger partial charge in [0, 0.05) is 33.8 Å². The Morgan fingerprint density at radius 3 is 1.84 bits per heavy atom. The van der Waals surface area contributed by atoms with Gasteiger partial charge in [0.15, 0.2) is 0 Å². The number of Topliss-reactive ketones (excluding diaryl/α,β-unsaturated/α-hetero) is 1. The van der Waals surface area contributed by atoms with E-state index >= 15 is 0 Å². The molecule has 1 saturated carbocycles. The number of aliphatic hydroxyl groups is 1. The number of nitrogens with one attached hydrogen (secondary N) is 2. The van der Waals surface area contributed by atoms with Gasteiger partial charge in [-0.3, -0.25) is 14.4 Å². The normalized spacial score (nSPS) is 23.3. The maximum atomic E-state index is 13.7. The Balaban J connectivity index is 1.75. The number of halogens is 2. The van der Waals surface area contributed by atoms with Crippen LogP contribution in [0.5, 0.6) is 5.75 Å². The molecule has 0 aliphatic heterocycles. The lowest BCUT2D eigenvalue weighted by molar-refractivity contribution is -0.150. The molecule has 37 heavy (non-hydrogen) atoms. The lowest BCUT2D eigenvalue weighted by Gasteiger charge is -2.44. The number of amides is 2. The highest BCUT2D eigenvalue weighted by atomic mass is 35.5. The van der Waals surface area contributed by atoms with Gasteiger partial charge in [-0.25, -0.2) is 0 Å². The van der Waals surface area contributed by atoms with Crippen molar-refractivity contribution in [3.8, 4) is 5.75 Å². The van der Waals surface area contributed by atoms with Crippen LogP contribution in [-0.2, 0) is 14.4 Å². The molecule has 4 atom stereocenters. The Hall–Kier alpha value is -3.39. The van der Waals surface area contributed by atoms with E-state index in [0.29, 0.717) is 32.7 Å². The summed E-state index contributed by atoms with van der Waals surface area (Å²) in [5.74, 6) is -4.31. The molecular weight excluding hydrogens is 515 g/mol. The predicted octanol–water partition coefficient (Wildman–Crippen LogP) is 5.32. The van der Waals surface area contributed by atoms with Crippen LogP contribution >= 0.6 is 23.2 Å². The van der Waals surface area contributed by atoms with Gasteiger partial charge < -0.3 is 20.5 Å². The van der Waals surface area contributed by atoms with E-state index in [4.69, 9.17) is 27.9 Å². The lowest BCUT2D eigenvalue weighted by atomic mass is 9.61. The first-order chi connectivity index (χ1) is 17.6. The molecule has 0 heterocycles. The highest BCUT2D eigenvalue weighted by Crippen LogP contribution is 2.47. The Labute approximate surface area is 224 Å². The topological polar surface area (TPSA) is 105 Å². The van der Waals surface area contributed by atoms with Gasteiger partial charge in [-0.1, -0.05) is 35.3 Å². The van der Waals surface area contributed by atoms with E-state index in [9.17, 15) is 19.5 Å². The summed E-state index contributed by atoms with van der Waals surface area (Å²) in [4.78, 5) is 40.5. The molecule has 0 unspecified atom stereocenters. The van der Waals surface area contributed by atoms with Gasteiger partial charge in [0.25, 0.3) is 0 Å². The van der Waals surface area contributed by atoms with E-state index in [1.807, 2.05) is 0 Å². The van der Waals surface area contributed by atoms with E-state index in [0.717, 1.165) is 0 Å². The van der Waals surface area contributed by atoms with Crippen molar-refractivity contribution >= 4 is 52.2 Å². The minimum atomic E-state index is -1.71. The molecule has 3 N–H and O–H groups in total. The van der Waals surface area contributed by atoms with E-state index in [1.165, 1.54) is 14.0 Å². The molecule has 1 aliphatic rings. The van der Waals surface area contributed by atoms with Gasteiger partial charge >= 0.3 is 0 Å². The van der Waals surface area contributed by atoms with Crippen LogP contribution < -0.4 is 15.4 Å². The van der Waals surface area contributed by atoms with Crippen molar-refractivity contribution in [1.82, 2.24) is 0 Å². The maximum absolute atomic E-state index is 13.7. The third kappa shape index (κ3) is 5.96. The molecule has 0 bridgehead atoms. The van der Waals surface area contributed by atoms with Crippen LogP contribution in [-0.4, -0.2) is 35.4 Å². The molecule has 0 aromatic heterocycles. The molecule has 0 saturated heterocycles. The van der Waals surface area contributed by atoms with E-state index < -0.39 is 41.0 Å². The number of hydrogen-bond donors (Lipinski definition) is 3. The molecule has 0 spiro atoms. The summed E-state index contributed by atoms with van der Waals surface area (Å²) in [5, 5.41) is 17.9. The van der Waals surface area contributed by atoms with Gasteiger partial charge in [0.2, 0.25) is 11.8 Å². The first kappa shape index (κ1) is 26.7. The summed E-state index contributed by atoms with van der Waals surface area (Å²) in [5.41, 5.74) is -0.246. The fraction of sp³-hybridized carbons (Fsp3) is 0.250. The number of ketones is 1. The molecule has 9 heteroatoms. The number of carbonyl (C=O) groups excluding carboxylic acids is 3. The van der Waals surface area contributed by atoms with Crippen LogP contribution in [0.4, 0.5) is 11.4 Å². The molecular formula is C28H26Cl2N2O5. The summed E-state index contributed by atoms with van der Waals surface area (Å²) in [7, 11) is 1.52. The Morgan fingerprint density at radius 2 is 1.35 bits per heavy atom. The average molecular weight is 541 g/mol. The predicted molar refractivity (Wildman–Crippen MR) is 143 cm³/mol. The molecule has 3 aromatic carbocycles. The smallest absolute Gasteiger partial charge is 0.235 e. The molecule has 7 nitrogen and oxygen atoms in total. The van der Waals surface area contributed by atoms with Gasteiger partial charge in [-0.05, 0) is 73.2 Å². The van der Waals surface area contributed by atoms with Crippen LogP contribution in [0.1, 0.15) is 24.8 Å². The highest BCUT2D eigenvalue weighted by molar-refractivity contribution is 6.31. The van der Waals surface area contributed by atoms with E-state index in [1.54, 1.807) is 72.8 Å². The van der Waals surface area contributed by atoms with E-state index in [-0.39, 0.29) is 6.42 Å². The summed E-state index contributed by atoms with van der Waals surface area (Å²) >= 11 is 11.9. The van der Waals surface area contributed by atoms with Gasteiger partial charge in [0.1, 0.15) is 17.5 Å². The van der Waals surface area contributed by atoms with Crippen molar-refractivity contribution in [1.29, 1.82) is 0 Å². The van der Waals surface area contributed by atoms with Crippen molar-refractivity contribution in [2.75, 3.05) is 17.7 Å². The fourth-order valence-electron chi connectivity index (χ4n) is 4.82. The van der Waals surface area contributed by atoms with Crippen LogP contribution in [0.2, 0.25) is 10.0 Å². The number of hydrogen-bond acceptors (Lipinski definition) is 5. The highest BCUT2D eigenvalue weighted by Gasteiger charge is 2.55. The Kier molecular flexibility index (Phi) is 7.87. The van der Waals surface area contributed by atoms with Crippen molar-refractivity contribution in [3.05, 3.63) is 88.4 Å². The fourth-order valence-corrected chi connectivity index (χ4v) is 5.08. The molecule has 192 valence electrons. The third-order valence-corrected chi connectivity index (χ3v) is 7.06. The van der Waals surface area contributed by atoms with E-state index in [2.05, 4.69) is 10.6 Å². The second kappa shape index (κ2) is 10.9. The molecule has 2 amide bonds. The monoisotopic (exact) mass is 540 g/mol. The number of carbonyl (C=O) groups is 3. The minimum Gasteiger partial charge on any atom is -0.497 e. The van der Waals surface area contributed by atoms with Gasteiger partial charge in [-0.2, -0.15) is 0 Å². The van der Waals surface area contributed by atoms with Crippen molar-refractivity contribution in [2.45, 2.75) is 24.9 Å². The number of rotatable bonds is 6. The summed E-state index contributed by atoms with van der Waals surface area (Å²) in [6.45, 7) is 1.45. The molecule has 3 aromatic rings. The Morgan fingerprint density at radius 1 is 0.865 bits per heavy atom. The average Bonchev–Trinajstić information content (AvgIpc) is 2.85. The maximum Gasteiger partial charge on any atom is 0.235 e. The minimum absolute atomic E-state index is 0.364. The SMILES string of the molecule is COc1ccc([C@@H]2[C@H](C(=O)Nc3ccc(Cl)cc3)C(=O)C[C@@](C)(O)[C@H]2C(=O)Nc2ccc(Cl)cc2)cc1. The number of benzene rings is 3. The van der Waals surface area contributed by atoms with Crippen molar-refractivity contribution in [2.24, 2.45) is 11.8 Å². The van der Waals surface area contributed by atoms with Crippen LogP contribution in [0.3, 0.4) is 0 Å². The van der Waals surface area contributed by atoms with Crippen molar-refractivity contribution < 1.29 is 24.2 Å². The molecule has 1 aliphatic carbocycles. The first-order valence-corrected chi connectivity index (χ1v) is 12.4. The number of methoxy groups -OCH3 is 1. The second-order valence-corrected chi connectivity index (χ2v) is 10.1. The van der Waals surface area contributed by atoms with Crippen LogP contribution in [0, 0.1) is 11.8 Å². The zero-order valence-electron chi connectivity index (χ0n) is 20.2. The lowest BCUT2D eigenvalue weighted by Crippen LogP contribution is -2.56. The zero-order valence-corrected chi connectivity index (χ0v) is 21.7. The van der Waals surface area contributed by atoms with Gasteiger partial charge in [-0.15, -0.1) is 0 Å². The summed E-state index contributed by atoms with van der Waals surface area (Å²) in [6, 6.07) is 19.8. The zero-order chi connectivity index (χ0) is 26.7. The molecule has 1 fully saturated rings. The quantitative estimate of drug-likeness (QED) is 0.367. The second-order valence-electron chi connectivity index (χ2n) is 9.25. The molecule has 0 radical (unpaired) electrons. The number of anilines is 2. The largest absolute Gasteiger partial charge is 0.497 e. The number of ether oxygens (including phenoxy) is 1. The van der Waals surface area contributed by atoms with Gasteiger partial charge in [0.05, 0.1) is 18.6 Å². The summed E-state index contributed by atoms with van der Waals surface area (Å²) in [6.07, 6.45) is -0.364. The van der Waals surface area contributed by atoms with Crippen LogP contribution in [0.15, 0.2) is 72.8 Å². The van der Waals surface area contributed by atoms with Crippen LogP contribution in [0.25, 0.3) is 0 Å². The Bertz CT molecular complexity index is 1290. The standard InChI is InChI=1S/C28H26Cl2N2O5/c1-28(36)15-22(33)24(26(34)31-19-9-5-17(29)6-10-19)23(16-3-13-21(37-2)14-4-16)25(28)27(35)32-20-11-7-18(30)8-12-20/h3-14,23-25,36H,15H2,1-2H3,(H,31,34)(H,32,35)/t23-,24-,25-,28-/m1/s1. The van der Waals surface area contributed by atoms with Crippen molar-refractivity contribution in [3.63, 3.8) is 0 Å². The first-order valence-electron chi connectivity index (χ1n) is 11.6.